The van der Waals surface area contributed by atoms with Crippen molar-refractivity contribution >= 4 is 34.2 Å². The zero-order chi connectivity index (χ0) is 27.9. The SMILES string of the molecule is C=CCOC(=O)[C@H]1[C@H]2C(=O)N([C@H](C)CO)C(C(=O)N(CC=C)c3ccc4ccccc4c3)C23CC[C@]1(CC)O3. The molecule has 39 heavy (non-hydrogen) atoms. The molecule has 3 heterocycles. The van der Waals surface area contributed by atoms with Crippen molar-refractivity contribution in [3.8, 4) is 0 Å². The molecule has 2 unspecified atom stereocenters. The second-order valence-corrected chi connectivity index (χ2v) is 10.8. The number of esters is 1. The molecule has 2 aromatic rings. The summed E-state index contributed by atoms with van der Waals surface area (Å²) in [5.41, 5.74) is -1.43. The first-order valence-corrected chi connectivity index (χ1v) is 13.6. The maximum absolute atomic E-state index is 14.6. The summed E-state index contributed by atoms with van der Waals surface area (Å²) in [6, 6.07) is 12.0. The number of carbonyl (C=O) groups is 3. The van der Waals surface area contributed by atoms with Gasteiger partial charge in [-0.3, -0.25) is 14.4 Å². The summed E-state index contributed by atoms with van der Waals surface area (Å²) in [6.45, 7) is 11.0. The van der Waals surface area contributed by atoms with Crippen molar-refractivity contribution in [1.29, 1.82) is 0 Å². The van der Waals surface area contributed by atoms with E-state index in [-0.39, 0.29) is 31.6 Å². The third-order valence-corrected chi connectivity index (χ3v) is 8.81. The van der Waals surface area contributed by atoms with Gasteiger partial charge in [0, 0.05) is 12.2 Å². The standard InChI is InChI=1S/C31H36N2O6/c1-5-16-32(23-13-12-21-10-8-9-11-22(21)18-23)28(36)26-31-15-14-30(7-3,39-31)25(29(37)38-17-6-2)24(31)27(35)33(26)20(4)19-34/h5-6,8-13,18,20,24-26,34H,1-2,7,14-17,19H2,3-4H3/t20-,24+,25-,26?,30+,31?/m1/s1. The quantitative estimate of drug-likeness (QED) is 0.371. The summed E-state index contributed by atoms with van der Waals surface area (Å²) in [7, 11) is 0. The number of nitrogens with zero attached hydrogens (tertiary/aromatic N) is 2. The molecule has 3 fully saturated rings. The largest absolute Gasteiger partial charge is 0.461 e. The average Bonchev–Trinajstić information content (AvgIpc) is 3.57. The van der Waals surface area contributed by atoms with Crippen molar-refractivity contribution < 1.29 is 29.0 Å². The number of fused-ring (bicyclic) bond motifs is 2. The van der Waals surface area contributed by atoms with Crippen LogP contribution in [0.3, 0.4) is 0 Å². The van der Waals surface area contributed by atoms with Crippen LogP contribution in [0.25, 0.3) is 10.8 Å². The number of ether oxygens (including phenoxy) is 2. The van der Waals surface area contributed by atoms with E-state index in [2.05, 4.69) is 13.2 Å². The van der Waals surface area contributed by atoms with E-state index in [0.29, 0.717) is 24.9 Å². The first-order chi connectivity index (χ1) is 18.8. The molecule has 8 heteroatoms. The van der Waals surface area contributed by atoms with Crippen molar-refractivity contribution in [2.24, 2.45) is 11.8 Å². The zero-order valence-corrected chi connectivity index (χ0v) is 22.5. The zero-order valence-electron chi connectivity index (χ0n) is 22.5. The molecule has 2 aromatic carbocycles. The summed E-state index contributed by atoms with van der Waals surface area (Å²) < 4.78 is 12.2. The highest BCUT2D eigenvalue weighted by atomic mass is 16.6. The van der Waals surface area contributed by atoms with E-state index >= 15 is 0 Å². The first-order valence-electron chi connectivity index (χ1n) is 13.6. The molecule has 1 N–H and O–H groups in total. The molecule has 206 valence electrons. The molecular weight excluding hydrogens is 496 g/mol. The van der Waals surface area contributed by atoms with Crippen LogP contribution < -0.4 is 4.90 Å². The monoisotopic (exact) mass is 532 g/mol. The van der Waals surface area contributed by atoms with Gasteiger partial charge in [0.05, 0.1) is 24.2 Å². The van der Waals surface area contributed by atoms with Crippen molar-refractivity contribution in [3.05, 3.63) is 67.8 Å². The minimum atomic E-state index is -1.21. The van der Waals surface area contributed by atoms with Crippen molar-refractivity contribution in [3.63, 3.8) is 0 Å². The lowest BCUT2D eigenvalue weighted by molar-refractivity contribution is -0.161. The third-order valence-electron chi connectivity index (χ3n) is 8.81. The van der Waals surface area contributed by atoms with Gasteiger partial charge in [-0.05, 0) is 49.1 Å². The highest BCUT2D eigenvalue weighted by molar-refractivity contribution is 6.05. The second kappa shape index (κ2) is 10.2. The normalized spacial score (nSPS) is 29.8. The summed E-state index contributed by atoms with van der Waals surface area (Å²) in [6.07, 6.45) is 4.62. The number of aliphatic hydroxyl groups is 1. The van der Waals surface area contributed by atoms with Crippen LogP contribution in [0.2, 0.25) is 0 Å². The Morgan fingerprint density at radius 1 is 1.21 bits per heavy atom. The molecule has 6 atom stereocenters. The Balaban J connectivity index is 1.61. The van der Waals surface area contributed by atoms with Gasteiger partial charge in [0.2, 0.25) is 5.91 Å². The van der Waals surface area contributed by atoms with Gasteiger partial charge in [0.15, 0.2) is 0 Å². The van der Waals surface area contributed by atoms with Crippen LogP contribution in [0, 0.1) is 11.8 Å². The first kappa shape index (κ1) is 27.1. The fourth-order valence-corrected chi connectivity index (χ4v) is 7.03. The highest BCUT2D eigenvalue weighted by Crippen LogP contribution is 2.64. The number of rotatable bonds is 10. The Morgan fingerprint density at radius 2 is 1.95 bits per heavy atom. The van der Waals surface area contributed by atoms with Crippen molar-refractivity contribution in [2.75, 3.05) is 24.7 Å². The van der Waals surface area contributed by atoms with Crippen LogP contribution in [0.4, 0.5) is 5.69 Å². The van der Waals surface area contributed by atoms with Gasteiger partial charge in [-0.15, -0.1) is 6.58 Å². The van der Waals surface area contributed by atoms with Gasteiger partial charge in [-0.2, -0.15) is 0 Å². The van der Waals surface area contributed by atoms with E-state index in [1.165, 1.54) is 11.0 Å². The van der Waals surface area contributed by atoms with Crippen LogP contribution in [-0.2, 0) is 23.9 Å². The molecule has 3 saturated heterocycles. The Bertz CT molecular complexity index is 1330. The molecule has 3 aliphatic heterocycles. The van der Waals surface area contributed by atoms with Crippen molar-refractivity contribution in [1.82, 2.24) is 4.90 Å². The number of carbonyl (C=O) groups excluding carboxylic acids is 3. The number of aliphatic hydroxyl groups excluding tert-OH is 1. The number of hydrogen-bond donors (Lipinski definition) is 1. The average molecular weight is 533 g/mol. The molecule has 1 spiro atoms. The van der Waals surface area contributed by atoms with Crippen LogP contribution >= 0.6 is 0 Å². The lowest BCUT2D eigenvalue weighted by atomic mass is 9.65. The van der Waals surface area contributed by atoms with Gasteiger partial charge in [0.1, 0.15) is 24.2 Å². The predicted molar refractivity (Wildman–Crippen MR) is 148 cm³/mol. The number of anilines is 1. The lowest BCUT2D eigenvalue weighted by Crippen LogP contribution is -2.58. The number of likely N-dealkylation sites (tertiary alicyclic amines) is 1. The van der Waals surface area contributed by atoms with Crippen LogP contribution in [0.15, 0.2) is 67.8 Å². The highest BCUT2D eigenvalue weighted by Gasteiger charge is 2.79. The topological polar surface area (TPSA) is 96.4 Å². The summed E-state index contributed by atoms with van der Waals surface area (Å²) in [5, 5.41) is 12.1. The number of benzene rings is 2. The molecule has 5 rings (SSSR count). The Morgan fingerprint density at radius 3 is 2.62 bits per heavy atom. The molecule has 0 aliphatic carbocycles. The minimum absolute atomic E-state index is 0.0250. The number of amides is 2. The number of hydrogen-bond acceptors (Lipinski definition) is 6. The van der Waals surface area contributed by atoms with Crippen molar-refractivity contribution in [2.45, 2.75) is 56.4 Å². The fourth-order valence-electron chi connectivity index (χ4n) is 7.03. The fraction of sp³-hybridized carbons (Fsp3) is 0.452. The van der Waals surface area contributed by atoms with Gasteiger partial charge < -0.3 is 24.4 Å². The molecule has 2 amide bonds. The smallest absolute Gasteiger partial charge is 0.313 e. The summed E-state index contributed by atoms with van der Waals surface area (Å²) in [4.78, 5) is 45.2. The predicted octanol–water partition coefficient (Wildman–Crippen LogP) is 3.62. The summed E-state index contributed by atoms with van der Waals surface area (Å²) >= 11 is 0. The maximum atomic E-state index is 14.6. The van der Waals surface area contributed by atoms with E-state index < -0.39 is 41.1 Å². The maximum Gasteiger partial charge on any atom is 0.313 e. The van der Waals surface area contributed by atoms with E-state index in [4.69, 9.17) is 9.47 Å². The van der Waals surface area contributed by atoms with Gasteiger partial charge in [-0.1, -0.05) is 56.0 Å². The second-order valence-electron chi connectivity index (χ2n) is 10.8. The van der Waals surface area contributed by atoms with Gasteiger partial charge in [0.25, 0.3) is 5.91 Å². The van der Waals surface area contributed by atoms with E-state index in [0.717, 1.165) is 10.8 Å². The molecule has 0 aromatic heterocycles. The molecule has 0 saturated carbocycles. The van der Waals surface area contributed by atoms with Gasteiger partial charge in [-0.25, -0.2) is 0 Å². The Labute approximate surface area is 228 Å². The minimum Gasteiger partial charge on any atom is -0.461 e. The van der Waals surface area contributed by atoms with Crippen LogP contribution in [-0.4, -0.2) is 70.8 Å². The Kier molecular flexibility index (Phi) is 7.11. The van der Waals surface area contributed by atoms with Gasteiger partial charge >= 0.3 is 5.97 Å². The molecule has 2 bridgehead atoms. The van der Waals surface area contributed by atoms with E-state index in [1.807, 2.05) is 49.4 Å². The molecule has 3 aliphatic rings. The van der Waals surface area contributed by atoms with Crippen LogP contribution in [0.5, 0.6) is 0 Å². The summed E-state index contributed by atoms with van der Waals surface area (Å²) in [5.74, 6) is -2.92. The van der Waals surface area contributed by atoms with Crippen LogP contribution in [0.1, 0.15) is 33.1 Å². The molecule has 8 nitrogen and oxygen atoms in total. The Hall–Kier alpha value is -3.49. The molecule has 0 radical (unpaired) electrons. The van der Waals surface area contributed by atoms with E-state index in [9.17, 15) is 19.5 Å². The van der Waals surface area contributed by atoms with E-state index in [1.54, 1.807) is 17.9 Å². The molecular formula is C31H36N2O6. The lowest BCUT2D eigenvalue weighted by Gasteiger charge is -2.38. The third kappa shape index (κ3) is 4.00.